The number of para-hydroxylation sites is 3. The lowest BCUT2D eigenvalue weighted by Crippen LogP contribution is -2.47. The highest BCUT2D eigenvalue weighted by atomic mass is 16.5. The molecular weight excluding hydrogens is 482 g/mol. The van der Waals surface area contributed by atoms with E-state index in [-0.39, 0.29) is 23.9 Å². The molecule has 2 aliphatic rings. The molecule has 202 valence electrons. The summed E-state index contributed by atoms with van der Waals surface area (Å²) in [6.07, 6.45) is 11.5. The van der Waals surface area contributed by atoms with Crippen LogP contribution in [0.1, 0.15) is 70.3 Å². The van der Waals surface area contributed by atoms with Gasteiger partial charge in [0, 0.05) is 17.3 Å². The molecule has 0 radical (unpaired) electrons. The SMILES string of the molecule is COc1ccc(-c2nc3ccccc3n2C(C(=O)N(c2ccccc2)C2CCCCC2)C2CCCCC2)cc1. The lowest BCUT2D eigenvalue weighted by Gasteiger charge is -2.40. The molecule has 3 aromatic carbocycles. The van der Waals surface area contributed by atoms with Gasteiger partial charge in [-0.05, 0) is 80.1 Å². The summed E-state index contributed by atoms with van der Waals surface area (Å²) in [5.74, 6) is 2.17. The number of benzene rings is 3. The lowest BCUT2D eigenvalue weighted by molar-refractivity contribution is -0.124. The number of imidazole rings is 1. The summed E-state index contributed by atoms with van der Waals surface area (Å²) in [7, 11) is 1.69. The van der Waals surface area contributed by atoms with Crippen molar-refractivity contribution >= 4 is 22.6 Å². The fraction of sp³-hybridized carbons (Fsp3) is 0.412. The number of hydrogen-bond donors (Lipinski definition) is 0. The number of nitrogens with zero attached hydrogens (tertiary/aromatic N) is 3. The average molecular weight is 522 g/mol. The molecule has 5 nitrogen and oxygen atoms in total. The Hall–Kier alpha value is -3.60. The molecule has 2 saturated carbocycles. The number of amides is 1. The van der Waals surface area contributed by atoms with Gasteiger partial charge in [0.05, 0.1) is 18.1 Å². The molecule has 0 bridgehead atoms. The highest BCUT2D eigenvalue weighted by Crippen LogP contribution is 2.41. The molecule has 1 amide bonds. The summed E-state index contributed by atoms with van der Waals surface area (Å²) < 4.78 is 7.72. The predicted molar refractivity (Wildman–Crippen MR) is 158 cm³/mol. The Labute approximate surface area is 231 Å². The van der Waals surface area contributed by atoms with Gasteiger partial charge in [0.25, 0.3) is 5.91 Å². The molecule has 1 unspecified atom stereocenters. The van der Waals surface area contributed by atoms with Gasteiger partial charge in [-0.15, -0.1) is 0 Å². The van der Waals surface area contributed by atoms with E-state index in [0.717, 1.165) is 59.5 Å². The van der Waals surface area contributed by atoms with E-state index in [0.29, 0.717) is 0 Å². The van der Waals surface area contributed by atoms with Gasteiger partial charge in [0.1, 0.15) is 17.6 Å². The third kappa shape index (κ3) is 5.19. The Balaban J connectivity index is 1.53. The molecule has 1 heterocycles. The molecule has 1 atom stereocenters. The van der Waals surface area contributed by atoms with Gasteiger partial charge in [-0.1, -0.05) is 68.9 Å². The van der Waals surface area contributed by atoms with Crippen LogP contribution in [-0.2, 0) is 4.79 Å². The number of anilines is 1. The van der Waals surface area contributed by atoms with Crippen molar-refractivity contribution < 1.29 is 9.53 Å². The van der Waals surface area contributed by atoms with Crippen LogP contribution in [-0.4, -0.2) is 28.6 Å². The molecule has 0 aliphatic heterocycles. The fourth-order valence-corrected chi connectivity index (χ4v) is 6.83. The van der Waals surface area contributed by atoms with Crippen molar-refractivity contribution in [2.75, 3.05) is 12.0 Å². The second-order valence-electron chi connectivity index (χ2n) is 11.2. The zero-order valence-corrected chi connectivity index (χ0v) is 23.0. The maximum Gasteiger partial charge on any atom is 0.250 e. The first kappa shape index (κ1) is 25.7. The van der Waals surface area contributed by atoms with Gasteiger partial charge in [-0.2, -0.15) is 0 Å². The van der Waals surface area contributed by atoms with Crippen molar-refractivity contribution in [1.29, 1.82) is 0 Å². The van der Waals surface area contributed by atoms with Crippen molar-refractivity contribution in [1.82, 2.24) is 9.55 Å². The molecule has 39 heavy (non-hydrogen) atoms. The summed E-state index contributed by atoms with van der Waals surface area (Å²) >= 11 is 0. The Morgan fingerprint density at radius 2 is 1.46 bits per heavy atom. The Morgan fingerprint density at radius 3 is 2.15 bits per heavy atom. The van der Waals surface area contributed by atoms with Crippen molar-refractivity contribution in [3.8, 4) is 17.1 Å². The quantitative estimate of drug-likeness (QED) is 0.246. The van der Waals surface area contributed by atoms with Gasteiger partial charge < -0.3 is 14.2 Å². The summed E-state index contributed by atoms with van der Waals surface area (Å²) in [4.78, 5) is 22.4. The van der Waals surface area contributed by atoms with Crippen LogP contribution in [0.2, 0.25) is 0 Å². The van der Waals surface area contributed by atoms with E-state index in [4.69, 9.17) is 9.72 Å². The smallest absolute Gasteiger partial charge is 0.250 e. The number of carbonyl (C=O) groups excluding carboxylic acids is 1. The number of ether oxygens (including phenoxy) is 1. The van der Waals surface area contributed by atoms with E-state index in [1.54, 1.807) is 7.11 Å². The first-order chi connectivity index (χ1) is 19.2. The van der Waals surface area contributed by atoms with Gasteiger partial charge in [-0.25, -0.2) is 4.98 Å². The maximum absolute atomic E-state index is 15.1. The Morgan fingerprint density at radius 1 is 0.821 bits per heavy atom. The molecule has 0 spiro atoms. The molecule has 0 saturated heterocycles. The van der Waals surface area contributed by atoms with Crippen LogP contribution in [0.4, 0.5) is 5.69 Å². The van der Waals surface area contributed by atoms with Crippen LogP contribution in [0.15, 0.2) is 78.9 Å². The molecule has 5 heteroatoms. The normalized spacial score (nSPS) is 17.7. The number of aromatic nitrogens is 2. The monoisotopic (exact) mass is 521 g/mol. The minimum atomic E-state index is -0.308. The van der Waals surface area contributed by atoms with Crippen LogP contribution in [0.25, 0.3) is 22.4 Å². The first-order valence-electron chi connectivity index (χ1n) is 14.7. The number of rotatable bonds is 7. The average Bonchev–Trinajstić information content (AvgIpc) is 3.38. The number of fused-ring (bicyclic) bond motifs is 1. The minimum absolute atomic E-state index is 0.220. The minimum Gasteiger partial charge on any atom is -0.497 e. The molecular formula is C34H39N3O2. The van der Waals surface area contributed by atoms with E-state index < -0.39 is 0 Å². The van der Waals surface area contributed by atoms with E-state index in [1.807, 2.05) is 24.3 Å². The van der Waals surface area contributed by atoms with Gasteiger partial charge in [0.2, 0.25) is 0 Å². The summed E-state index contributed by atoms with van der Waals surface area (Å²) in [6.45, 7) is 0. The predicted octanol–water partition coefficient (Wildman–Crippen LogP) is 8.20. The third-order valence-electron chi connectivity index (χ3n) is 8.78. The van der Waals surface area contributed by atoms with E-state index >= 15 is 4.79 Å². The van der Waals surface area contributed by atoms with Crippen molar-refractivity contribution in [2.45, 2.75) is 76.3 Å². The van der Waals surface area contributed by atoms with Crippen LogP contribution < -0.4 is 9.64 Å². The number of carbonyl (C=O) groups is 1. The zero-order valence-electron chi connectivity index (χ0n) is 23.0. The molecule has 6 rings (SSSR count). The highest BCUT2D eigenvalue weighted by Gasteiger charge is 2.39. The molecule has 2 fully saturated rings. The van der Waals surface area contributed by atoms with Crippen LogP contribution >= 0.6 is 0 Å². The third-order valence-corrected chi connectivity index (χ3v) is 8.78. The standard InChI is InChI=1S/C34H39N3O2/c1-39-29-23-21-26(22-24-29)33-35-30-19-11-12-20-31(30)37(33)32(25-13-5-2-6-14-25)34(38)36(27-15-7-3-8-16-27)28-17-9-4-10-18-28/h3,7-8,11-12,15-16,19-25,28,32H,2,4-6,9-10,13-14,17-18H2,1H3. The topological polar surface area (TPSA) is 47.4 Å². The van der Waals surface area contributed by atoms with Gasteiger partial charge in [0.15, 0.2) is 0 Å². The first-order valence-corrected chi connectivity index (χ1v) is 14.7. The summed E-state index contributed by atoms with van der Waals surface area (Å²) in [5, 5.41) is 0. The van der Waals surface area contributed by atoms with Gasteiger partial charge in [-0.3, -0.25) is 4.79 Å². The Kier molecular flexibility index (Phi) is 7.67. The largest absolute Gasteiger partial charge is 0.497 e. The molecule has 2 aliphatic carbocycles. The lowest BCUT2D eigenvalue weighted by atomic mass is 9.82. The Bertz CT molecular complexity index is 1380. The van der Waals surface area contributed by atoms with Crippen molar-refractivity contribution in [3.63, 3.8) is 0 Å². The summed E-state index contributed by atoms with van der Waals surface area (Å²) in [5.41, 5.74) is 3.99. The maximum atomic E-state index is 15.1. The van der Waals surface area contributed by atoms with Crippen molar-refractivity contribution in [3.05, 3.63) is 78.9 Å². The number of methoxy groups -OCH3 is 1. The fourth-order valence-electron chi connectivity index (χ4n) is 6.83. The molecule has 1 aromatic heterocycles. The number of hydrogen-bond acceptors (Lipinski definition) is 3. The van der Waals surface area contributed by atoms with Crippen molar-refractivity contribution in [2.24, 2.45) is 5.92 Å². The van der Waals surface area contributed by atoms with E-state index in [2.05, 4.69) is 64.1 Å². The summed E-state index contributed by atoms with van der Waals surface area (Å²) in [6, 6.07) is 26.7. The highest BCUT2D eigenvalue weighted by molar-refractivity contribution is 5.98. The van der Waals surface area contributed by atoms with E-state index in [9.17, 15) is 0 Å². The second kappa shape index (κ2) is 11.6. The zero-order chi connectivity index (χ0) is 26.6. The van der Waals surface area contributed by atoms with Gasteiger partial charge >= 0.3 is 0 Å². The molecule has 4 aromatic rings. The molecule has 0 N–H and O–H groups in total. The van der Waals surface area contributed by atoms with Crippen LogP contribution in [0, 0.1) is 5.92 Å². The second-order valence-corrected chi connectivity index (χ2v) is 11.2. The van der Waals surface area contributed by atoms with Crippen LogP contribution in [0.3, 0.4) is 0 Å². The van der Waals surface area contributed by atoms with E-state index in [1.165, 1.54) is 38.5 Å². The van der Waals surface area contributed by atoms with Crippen LogP contribution in [0.5, 0.6) is 5.75 Å².